The molecule has 2 heterocycles. The Morgan fingerprint density at radius 1 is 1.14 bits per heavy atom. The number of carbonyl (C=O) groups is 3. The fourth-order valence-corrected chi connectivity index (χ4v) is 3.61. The number of aryl methyl sites for hydroxylation is 1. The lowest BCUT2D eigenvalue weighted by atomic mass is 10.2. The average molecular weight is 377 g/mol. The Morgan fingerprint density at radius 3 is 2.57 bits per heavy atom. The number of amides is 2. The SMILES string of the molecule is CCOC(=O)c1ccc(N2C(=O)C[C@H](n3c(C)nc4ccccc43)C2=O)cc1. The van der Waals surface area contributed by atoms with Crippen LogP contribution in [-0.2, 0) is 14.3 Å². The van der Waals surface area contributed by atoms with Crippen molar-refractivity contribution in [3.8, 4) is 0 Å². The highest BCUT2D eigenvalue weighted by Crippen LogP contribution is 2.33. The molecule has 1 aliphatic heterocycles. The van der Waals surface area contributed by atoms with E-state index in [1.807, 2.05) is 35.8 Å². The van der Waals surface area contributed by atoms with E-state index in [-0.39, 0.29) is 24.8 Å². The monoisotopic (exact) mass is 377 g/mol. The zero-order valence-electron chi connectivity index (χ0n) is 15.6. The summed E-state index contributed by atoms with van der Waals surface area (Å²) in [6.45, 7) is 3.84. The van der Waals surface area contributed by atoms with Gasteiger partial charge in [0, 0.05) is 0 Å². The maximum Gasteiger partial charge on any atom is 0.338 e. The molecule has 0 N–H and O–H groups in total. The summed E-state index contributed by atoms with van der Waals surface area (Å²) in [6, 6.07) is 13.2. The van der Waals surface area contributed by atoms with Crippen LogP contribution in [0.3, 0.4) is 0 Å². The average Bonchev–Trinajstić information content (AvgIpc) is 3.17. The quantitative estimate of drug-likeness (QED) is 0.516. The smallest absolute Gasteiger partial charge is 0.338 e. The normalized spacial score (nSPS) is 16.8. The lowest BCUT2D eigenvalue weighted by molar-refractivity contribution is -0.122. The minimum Gasteiger partial charge on any atom is -0.462 e. The van der Waals surface area contributed by atoms with Crippen molar-refractivity contribution < 1.29 is 19.1 Å². The van der Waals surface area contributed by atoms with Crippen molar-refractivity contribution >= 4 is 34.5 Å². The molecule has 1 atom stereocenters. The third-order valence-electron chi connectivity index (χ3n) is 4.84. The van der Waals surface area contributed by atoms with Crippen LogP contribution in [0.25, 0.3) is 11.0 Å². The molecule has 0 spiro atoms. The molecule has 142 valence electrons. The number of imidazole rings is 1. The lowest BCUT2D eigenvalue weighted by Crippen LogP contribution is -2.31. The molecule has 28 heavy (non-hydrogen) atoms. The number of carbonyl (C=O) groups excluding carboxylic acids is 3. The van der Waals surface area contributed by atoms with Gasteiger partial charge in [-0.1, -0.05) is 12.1 Å². The van der Waals surface area contributed by atoms with Gasteiger partial charge < -0.3 is 9.30 Å². The second-order valence-corrected chi connectivity index (χ2v) is 6.57. The molecule has 0 saturated carbocycles. The zero-order valence-corrected chi connectivity index (χ0v) is 15.6. The second-order valence-electron chi connectivity index (χ2n) is 6.57. The van der Waals surface area contributed by atoms with Gasteiger partial charge in [-0.2, -0.15) is 0 Å². The molecule has 0 aliphatic carbocycles. The molecule has 7 heteroatoms. The van der Waals surface area contributed by atoms with Crippen molar-refractivity contribution in [3.63, 3.8) is 0 Å². The Morgan fingerprint density at radius 2 is 1.86 bits per heavy atom. The van der Waals surface area contributed by atoms with E-state index < -0.39 is 12.0 Å². The molecule has 3 aromatic rings. The number of hydrogen-bond donors (Lipinski definition) is 0. The Kier molecular flexibility index (Phi) is 4.43. The number of ether oxygens (including phenoxy) is 1. The zero-order chi connectivity index (χ0) is 19.8. The summed E-state index contributed by atoms with van der Waals surface area (Å²) >= 11 is 0. The maximum atomic E-state index is 13.1. The van der Waals surface area contributed by atoms with Crippen LogP contribution in [0.1, 0.15) is 35.6 Å². The van der Waals surface area contributed by atoms with Gasteiger partial charge in [0.2, 0.25) is 5.91 Å². The van der Waals surface area contributed by atoms with Crippen LogP contribution < -0.4 is 4.90 Å². The van der Waals surface area contributed by atoms with E-state index in [1.165, 1.54) is 4.90 Å². The predicted molar refractivity (Wildman–Crippen MR) is 103 cm³/mol. The van der Waals surface area contributed by atoms with Crippen molar-refractivity contribution in [2.24, 2.45) is 0 Å². The molecular weight excluding hydrogens is 358 g/mol. The third kappa shape index (κ3) is 2.85. The molecular formula is C21H19N3O4. The molecule has 1 aromatic heterocycles. The number of hydrogen-bond acceptors (Lipinski definition) is 5. The van der Waals surface area contributed by atoms with Gasteiger partial charge in [0.15, 0.2) is 0 Å². The topological polar surface area (TPSA) is 81.5 Å². The summed E-state index contributed by atoms with van der Waals surface area (Å²) < 4.78 is 6.78. The summed E-state index contributed by atoms with van der Waals surface area (Å²) in [4.78, 5) is 43.2. The summed E-state index contributed by atoms with van der Waals surface area (Å²) in [5, 5.41) is 0. The van der Waals surface area contributed by atoms with Crippen molar-refractivity contribution in [3.05, 3.63) is 59.9 Å². The van der Waals surface area contributed by atoms with Gasteiger partial charge in [0.25, 0.3) is 5.91 Å². The number of para-hydroxylation sites is 2. The fourth-order valence-electron chi connectivity index (χ4n) is 3.61. The Labute approximate surface area is 161 Å². The summed E-state index contributed by atoms with van der Waals surface area (Å²) in [5.74, 6) is -0.338. The molecule has 4 rings (SSSR count). The molecule has 1 fully saturated rings. The number of benzene rings is 2. The highest BCUT2D eigenvalue weighted by molar-refractivity contribution is 6.22. The van der Waals surface area contributed by atoms with Crippen molar-refractivity contribution in [2.45, 2.75) is 26.3 Å². The van der Waals surface area contributed by atoms with Crippen molar-refractivity contribution in [2.75, 3.05) is 11.5 Å². The van der Waals surface area contributed by atoms with Gasteiger partial charge in [-0.05, 0) is 50.2 Å². The molecule has 0 unspecified atom stereocenters. The molecule has 1 saturated heterocycles. The molecule has 7 nitrogen and oxygen atoms in total. The summed E-state index contributed by atoms with van der Waals surface area (Å²) in [7, 11) is 0. The first-order valence-electron chi connectivity index (χ1n) is 9.08. The minimum atomic E-state index is -0.635. The third-order valence-corrected chi connectivity index (χ3v) is 4.84. The van der Waals surface area contributed by atoms with Crippen LogP contribution in [0.4, 0.5) is 5.69 Å². The van der Waals surface area contributed by atoms with Gasteiger partial charge in [0.1, 0.15) is 11.9 Å². The van der Waals surface area contributed by atoms with E-state index in [9.17, 15) is 14.4 Å². The number of anilines is 1. The number of imide groups is 1. The van der Waals surface area contributed by atoms with Crippen LogP contribution >= 0.6 is 0 Å². The largest absolute Gasteiger partial charge is 0.462 e. The van der Waals surface area contributed by atoms with Crippen LogP contribution in [0, 0.1) is 6.92 Å². The highest BCUT2D eigenvalue weighted by atomic mass is 16.5. The molecule has 2 amide bonds. The van der Waals surface area contributed by atoms with E-state index in [0.29, 0.717) is 17.1 Å². The number of rotatable bonds is 4. The molecule has 0 radical (unpaired) electrons. The van der Waals surface area contributed by atoms with Crippen LogP contribution in [0.15, 0.2) is 48.5 Å². The molecule has 0 bridgehead atoms. The van der Waals surface area contributed by atoms with Crippen LogP contribution in [0.5, 0.6) is 0 Å². The van der Waals surface area contributed by atoms with Gasteiger partial charge in [-0.15, -0.1) is 0 Å². The number of fused-ring (bicyclic) bond motifs is 1. The van der Waals surface area contributed by atoms with Gasteiger partial charge in [-0.3, -0.25) is 9.59 Å². The predicted octanol–water partition coefficient (Wildman–Crippen LogP) is 3.03. The first kappa shape index (κ1) is 17.9. The first-order chi connectivity index (χ1) is 13.5. The summed E-state index contributed by atoms with van der Waals surface area (Å²) in [6.07, 6.45) is 0.0691. The van der Waals surface area contributed by atoms with E-state index >= 15 is 0 Å². The first-order valence-corrected chi connectivity index (χ1v) is 9.08. The minimum absolute atomic E-state index is 0.0691. The number of nitrogens with zero attached hydrogens (tertiary/aromatic N) is 3. The lowest BCUT2D eigenvalue weighted by Gasteiger charge is -2.17. The van der Waals surface area contributed by atoms with Gasteiger partial charge >= 0.3 is 5.97 Å². The molecule has 2 aromatic carbocycles. The number of aromatic nitrogens is 2. The van der Waals surface area contributed by atoms with E-state index in [2.05, 4.69) is 4.98 Å². The van der Waals surface area contributed by atoms with Gasteiger partial charge in [-0.25, -0.2) is 14.7 Å². The standard InChI is InChI=1S/C21H19N3O4/c1-3-28-21(27)14-8-10-15(11-9-14)24-19(25)12-18(20(24)26)23-13(2)22-16-6-4-5-7-17(16)23/h4-11,18H,3,12H2,1-2H3/t18-/m0/s1. The van der Waals surface area contributed by atoms with Crippen molar-refractivity contribution in [1.82, 2.24) is 9.55 Å². The number of esters is 1. The fraction of sp³-hybridized carbons (Fsp3) is 0.238. The Balaban J connectivity index is 1.66. The highest BCUT2D eigenvalue weighted by Gasteiger charge is 2.41. The van der Waals surface area contributed by atoms with Crippen LogP contribution in [0.2, 0.25) is 0 Å². The van der Waals surface area contributed by atoms with Crippen LogP contribution in [-0.4, -0.2) is 33.9 Å². The van der Waals surface area contributed by atoms with E-state index in [4.69, 9.17) is 4.74 Å². The van der Waals surface area contributed by atoms with E-state index in [0.717, 1.165) is 11.0 Å². The Bertz CT molecular complexity index is 1080. The Hall–Kier alpha value is -3.48. The summed E-state index contributed by atoms with van der Waals surface area (Å²) in [5.41, 5.74) is 2.42. The maximum absolute atomic E-state index is 13.1. The van der Waals surface area contributed by atoms with E-state index in [1.54, 1.807) is 31.2 Å². The van der Waals surface area contributed by atoms with Gasteiger partial charge in [0.05, 0.1) is 35.3 Å². The second kappa shape index (κ2) is 6.92. The molecule has 1 aliphatic rings. The van der Waals surface area contributed by atoms with Crippen molar-refractivity contribution in [1.29, 1.82) is 0 Å².